The van der Waals surface area contributed by atoms with E-state index in [1.165, 1.54) is 0 Å². The SMILES string of the molecule is NCC1O[C@@H](O[C@H]2C(N)C[C@@H](N)[C@H](O[C@H]3OC(CO)[C@@H](O)[C@H](N)C3O)C2O)[C@H](O)C(O)[C@H]1O. The van der Waals surface area contributed by atoms with E-state index in [-0.39, 0.29) is 13.0 Å². The first-order valence-electron chi connectivity index (χ1n) is 10.8. The normalized spacial score (nSPS) is 53.7. The van der Waals surface area contributed by atoms with Crippen molar-refractivity contribution < 1.29 is 54.7 Å². The third-order valence-corrected chi connectivity index (χ3v) is 6.48. The van der Waals surface area contributed by atoms with E-state index in [9.17, 15) is 35.7 Å². The van der Waals surface area contributed by atoms with E-state index >= 15 is 0 Å². The predicted molar refractivity (Wildman–Crippen MR) is 108 cm³/mol. The summed E-state index contributed by atoms with van der Waals surface area (Å²) in [6, 6.07) is -2.86. The Morgan fingerprint density at radius 1 is 0.667 bits per heavy atom. The van der Waals surface area contributed by atoms with Gasteiger partial charge in [-0.3, -0.25) is 0 Å². The molecule has 2 heterocycles. The van der Waals surface area contributed by atoms with Gasteiger partial charge in [-0.1, -0.05) is 0 Å². The quantitative estimate of drug-likeness (QED) is 0.167. The van der Waals surface area contributed by atoms with Gasteiger partial charge in [-0.25, -0.2) is 0 Å². The largest absolute Gasteiger partial charge is 0.394 e. The van der Waals surface area contributed by atoms with Crippen molar-refractivity contribution in [3.05, 3.63) is 0 Å². The Balaban J connectivity index is 1.72. The van der Waals surface area contributed by atoms with Crippen molar-refractivity contribution in [1.82, 2.24) is 0 Å². The van der Waals surface area contributed by atoms with Crippen LogP contribution in [-0.2, 0) is 18.9 Å². The van der Waals surface area contributed by atoms with Crippen LogP contribution < -0.4 is 22.9 Å². The molecule has 2 saturated heterocycles. The van der Waals surface area contributed by atoms with Crippen LogP contribution in [0.25, 0.3) is 0 Å². The second-order valence-corrected chi connectivity index (χ2v) is 8.79. The zero-order chi connectivity index (χ0) is 24.6. The van der Waals surface area contributed by atoms with E-state index in [2.05, 4.69) is 0 Å². The first kappa shape index (κ1) is 27.0. The van der Waals surface area contributed by atoms with E-state index in [1.54, 1.807) is 0 Å². The van der Waals surface area contributed by atoms with Gasteiger partial charge in [0.1, 0.15) is 61.0 Å². The van der Waals surface area contributed by atoms with Crippen LogP contribution in [0.15, 0.2) is 0 Å². The highest BCUT2D eigenvalue weighted by Crippen LogP contribution is 2.31. The highest BCUT2D eigenvalue weighted by atomic mass is 16.7. The molecule has 0 aromatic carbocycles. The average Bonchev–Trinajstić information content (AvgIpc) is 2.79. The summed E-state index contributed by atoms with van der Waals surface area (Å²) in [6.07, 6.45) is -16.5. The van der Waals surface area contributed by atoms with E-state index in [0.29, 0.717) is 0 Å². The monoisotopic (exact) mass is 484 g/mol. The molecule has 15 N–H and O–H groups in total. The van der Waals surface area contributed by atoms with Gasteiger partial charge in [0.15, 0.2) is 12.6 Å². The van der Waals surface area contributed by atoms with Crippen LogP contribution in [0, 0.1) is 0 Å². The maximum absolute atomic E-state index is 10.9. The number of hydrogen-bond donors (Lipinski definition) is 11. The number of aliphatic hydroxyl groups is 7. The maximum Gasteiger partial charge on any atom is 0.187 e. The summed E-state index contributed by atoms with van der Waals surface area (Å²) in [5.41, 5.74) is 23.5. The van der Waals surface area contributed by atoms with Crippen molar-refractivity contribution in [2.24, 2.45) is 22.9 Å². The Morgan fingerprint density at radius 3 is 1.70 bits per heavy atom. The van der Waals surface area contributed by atoms with Crippen LogP contribution in [0.2, 0.25) is 0 Å². The molecule has 0 aromatic rings. The molecule has 194 valence electrons. The fraction of sp³-hybridized carbons (Fsp3) is 1.00. The van der Waals surface area contributed by atoms with E-state index < -0.39 is 98.4 Å². The Bertz CT molecular complexity index is 584. The minimum atomic E-state index is -1.66. The molecule has 15 nitrogen and oxygen atoms in total. The van der Waals surface area contributed by atoms with E-state index in [0.717, 1.165) is 0 Å². The van der Waals surface area contributed by atoms with Gasteiger partial charge in [-0.15, -0.1) is 0 Å². The molecular weight excluding hydrogens is 448 g/mol. The molecule has 3 fully saturated rings. The van der Waals surface area contributed by atoms with Gasteiger partial charge in [0.25, 0.3) is 0 Å². The molecule has 6 unspecified atom stereocenters. The lowest BCUT2D eigenvalue weighted by Gasteiger charge is -2.48. The molecule has 0 amide bonds. The molecule has 2 aliphatic heterocycles. The smallest absolute Gasteiger partial charge is 0.187 e. The number of nitrogens with two attached hydrogens (primary N) is 4. The van der Waals surface area contributed by atoms with Crippen LogP contribution in [0.3, 0.4) is 0 Å². The number of hydrogen-bond acceptors (Lipinski definition) is 15. The summed E-state index contributed by atoms with van der Waals surface area (Å²) in [5, 5.41) is 70.9. The highest BCUT2D eigenvalue weighted by molar-refractivity contribution is 5.01. The van der Waals surface area contributed by atoms with Gasteiger partial charge in [0.05, 0.1) is 12.6 Å². The molecule has 0 bridgehead atoms. The van der Waals surface area contributed by atoms with Gasteiger partial charge in [0.2, 0.25) is 0 Å². The van der Waals surface area contributed by atoms with Crippen molar-refractivity contribution in [2.45, 2.75) is 98.2 Å². The van der Waals surface area contributed by atoms with Gasteiger partial charge in [0, 0.05) is 18.6 Å². The summed E-state index contributed by atoms with van der Waals surface area (Å²) in [6.45, 7) is -0.763. The van der Waals surface area contributed by atoms with Crippen LogP contribution in [0.5, 0.6) is 0 Å². The molecule has 0 aromatic heterocycles. The summed E-state index contributed by atoms with van der Waals surface area (Å²) < 4.78 is 22.2. The third kappa shape index (κ3) is 5.32. The average molecular weight is 485 g/mol. The lowest BCUT2D eigenvalue weighted by molar-refractivity contribution is -0.332. The summed E-state index contributed by atoms with van der Waals surface area (Å²) in [7, 11) is 0. The third-order valence-electron chi connectivity index (χ3n) is 6.48. The molecule has 0 radical (unpaired) electrons. The van der Waals surface area contributed by atoms with Crippen LogP contribution in [0.1, 0.15) is 6.42 Å². The van der Waals surface area contributed by atoms with Gasteiger partial charge < -0.3 is 77.6 Å². The molecule has 15 heteroatoms. The standard InChI is InChI=1S/C18H36N4O11/c19-2-6-10(25)12(27)13(28)18(30-6)33-16-5(21)1-4(20)15(14(16)29)32-17-11(26)8(22)9(24)7(3-23)31-17/h4-18,23-29H,1-3,19-22H2/t4-,5?,6?,7?,8+,9-,10+,11?,12?,13-,14?,15+,16+,17-,18+/m1/s1. The highest BCUT2D eigenvalue weighted by Gasteiger charge is 2.51. The number of ether oxygens (including phenoxy) is 4. The predicted octanol–water partition coefficient (Wildman–Crippen LogP) is -7.29. The minimum Gasteiger partial charge on any atom is -0.394 e. The lowest BCUT2D eigenvalue weighted by Crippen LogP contribution is -2.68. The zero-order valence-electron chi connectivity index (χ0n) is 17.9. The fourth-order valence-electron chi connectivity index (χ4n) is 4.40. The molecule has 3 rings (SSSR count). The van der Waals surface area contributed by atoms with Gasteiger partial charge in [-0.05, 0) is 6.42 Å². The van der Waals surface area contributed by atoms with Crippen molar-refractivity contribution in [1.29, 1.82) is 0 Å². The van der Waals surface area contributed by atoms with Crippen molar-refractivity contribution in [3.63, 3.8) is 0 Å². The Kier molecular flexibility index (Phi) is 8.99. The summed E-state index contributed by atoms with van der Waals surface area (Å²) >= 11 is 0. The topological polar surface area (TPSA) is 283 Å². The first-order valence-corrected chi connectivity index (χ1v) is 10.8. The summed E-state index contributed by atoms with van der Waals surface area (Å²) in [4.78, 5) is 0. The minimum absolute atomic E-state index is 0.0849. The van der Waals surface area contributed by atoms with E-state index in [1.807, 2.05) is 0 Å². The maximum atomic E-state index is 10.9. The Morgan fingerprint density at radius 2 is 1.18 bits per heavy atom. The molecule has 15 atom stereocenters. The number of aliphatic hydroxyl groups excluding tert-OH is 7. The zero-order valence-corrected chi connectivity index (χ0v) is 17.9. The Labute approximate surface area is 189 Å². The van der Waals surface area contributed by atoms with Crippen molar-refractivity contribution in [2.75, 3.05) is 13.2 Å². The van der Waals surface area contributed by atoms with E-state index in [4.69, 9.17) is 41.9 Å². The van der Waals surface area contributed by atoms with Crippen LogP contribution in [-0.4, -0.2) is 141 Å². The molecule has 33 heavy (non-hydrogen) atoms. The fourth-order valence-corrected chi connectivity index (χ4v) is 4.40. The molecular formula is C18H36N4O11. The molecule has 1 aliphatic carbocycles. The second kappa shape index (κ2) is 11.0. The van der Waals surface area contributed by atoms with Gasteiger partial charge >= 0.3 is 0 Å². The number of rotatable bonds is 6. The molecule has 0 spiro atoms. The second-order valence-electron chi connectivity index (χ2n) is 8.79. The molecule has 1 saturated carbocycles. The lowest BCUT2D eigenvalue weighted by atomic mass is 9.84. The van der Waals surface area contributed by atoms with Crippen molar-refractivity contribution >= 4 is 0 Å². The van der Waals surface area contributed by atoms with Crippen LogP contribution in [0.4, 0.5) is 0 Å². The Hall–Kier alpha value is -0.600. The van der Waals surface area contributed by atoms with Crippen LogP contribution >= 0.6 is 0 Å². The first-order chi connectivity index (χ1) is 15.5. The van der Waals surface area contributed by atoms with Crippen molar-refractivity contribution in [3.8, 4) is 0 Å². The van der Waals surface area contributed by atoms with Gasteiger partial charge in [-0.2, -0.15) is 0 Å². The molecule has 3 aliphatic rings. The summed E-state index contributed by atoms with van der Waals surface area (Å²) in [5.74, 6) is 0.